The summed E-state index contributed by atoms with van der Waals surface area (Å²) in [5.74, 6) is 1.49. The molecule has 6 aliphatic rings. The minimum absolute atomic E-state index is 0.147. The molecule has 8 rings (SSSR count). The molecule has 1 saturated heterocycles. The summed E-state index contributed by atoms with van der Waals surface area (Å²) < 4.78 is 19.0. The Balaban J connectivity index is 1.50. The lowest BCUT2D eigenvalue weighted by molar-refractivity contribution is -0.203. The zero-order valence-corrected chi connectivity index (χ0v) is 19.3. The van der Waals surface area contributed by atoms with Gasteiger partial charge >= 0.3 is 0 Å². The molecule has 4 aliphatic carbocycles. The highest BCUT2D eigenvalue weighted by atomic mass is 16.6. The van der Waals surface area contributed by atoms with E-state index in [9.17, 15) is 4.79 Å². The summed E-state index contributed by atoms with van der Waals surface area (Å²) in [7, 11) is 5.68. The van der Waals surface area contributed by atoms with Crippen LogP contribution in [0.15, 0.2) is 54.6 Å². The number of nitrogens with zero attached hydrogens (tertiary/aromatic N) is 1. The second-order valence-electron chi connectivity index (χ2n) is 10.5. The third-order valence-electron chi connectivity index (χ3n) is 9.65. The van der Waals surface area contributed by atoms with Crippen LogP contribution in [0.3, 0.4) is 0 Å². The van der Waals surface area contributed by atoms with Gasteiger partial charge in [0.05, 0.1) is 18.4 Å². The van der Waals surface area contributed by atoms with Gasteiger partial charge in [-0.25, -0.2) is 0 Å². The molecule has 5 heteroatoms. The fourth-order valence-electron chi connectivity index (χ4n) is 8.31. The van der Waals surface area contributed by atoms with Gasteiger partial charge in [0.1, 0.15) is 11.7 Å². The van der Waals surface area contributed by atoms with Gasteiger partial charge in [-0.3, -0.25) is 4.79 Å². The molecule has 1 saturated carbocycles. The molecule has 1 unspecified atom stereocenters. The van der Waals surface area contributed by atoms with E-state index in [0.717, 1.165) is 42.9 Å². The van der Waals surface area contributed by atoms with Gasteiger partial charge in [-0.15, -0.1) is 0 Å². The van der Waals surface area contributed by atoms with Crippen molar-refractivity contribution < 1.29 is 19.0 Å². The number of rotatable bonds is 4. The van der Waals surface area contributed by atoms with E-state index in [1.165, 1.54) is 11.1 Å². The number of hydrogen-bond donors (Lipinski definition) is 0. The lowest BCUT2D eigenvalue weighted by Crippen LogP contribution is -2.79. The fraction of sp³-hybridized carbons (Fsp3) is 0.464. The van der Waals surface area contributed by atoms with Crippen molar-refractivity contribution >= 4 is 5.78 Å². The zero-order chi connectivity index (χ0) is 22.6. The van der Waals surface area contributed by atoms with Gasteiger partial charge in [-0.05, 0) is 44.5 Å². The molecule has 0 radical (unpaired) electrons. The molecular weight excluding hydrogens is 414 g/mol. The molecule has 6 atom stereocenters. The van der Waals surface area contributed by atoms with Crippen molar-refractivity contribution in [1.82, 2.24) is 4.90 Å². The molecule has 0 N–H and O–H groups in total. The Hall–Kier alpha value is -2.63. The predicted octanol–water partition coefficient (Wildman–Crippen LogP) is 3.80. The number of methoxy groups -OCH3 is 2. The molecule has 2 aromatic rings. The van der Waals surface area contributed by atoms with Gasteiger partial charge < -0.3 is 19.1 Å². The lowest BCUT2D eigenvalue weighted by Gasteiger charge is -2.70. The Bertz CT molecular complexity index is 1210. The van der Waals surface area contributed by atoms with Gasteiger partial charge in [0.15, 0.2) is 17.3 Å². The quantitative estimate of drug-likeness (QED) is 0.532. The maximum absolute atomic E-state index is 14.0. The highest BCUT2D eigenvalue weighted by Gasteiger charge is 2.79. The molecule has 4 bridgehead atoms. The summed E-state index contributed by atoms with van der Waals surface area (Å²) in [6, 6.07) is 14.3. The van der Waals surface area contributed by atoms with Crippen LogP contribution < -0.4 is 9.47 Å². The second kappa shape index (κ2) is 6.28. The second-order valence-corrected chi connectivity index (χ2v) is 10.5. The molecule has 2 aromatic carbocycles. The van der Waals surface area contributed by atoms with Crippen molar-refractivity contribution in [2.24, 2.45) is 11.3 Å². The van der Waals surface area contributed by atoms with Gasteiger partial charge in [0.2, 0.25) is 0 Å². The van der Waals surface area contributed by atoms with Crippen molar-refractivity contribution in [2.75, 3.05) is 27.8 Å². The number of piperidine rings is 1. The summed E-state index contributed by atoms with van der Waals surface area (Å²) >= 11 is 0. The Labute approximate surface area is 194 Å². The first-order valence-electron chi connectivity index (χ1n) is 11.9. The molecular formula is C28H29NO4. The maximum atomic E-state index is 14.0. The van der Waals surface area contributed by atoms with Crippen LogP contribution in [0.1, 0.15) is 34.3 Å². The zero-order valence-electron chi connectivity index (χ0n) is 19.3. The van der Waals surface area contributed by atoms with Crippen LogP contribution >= 0.6 is 0 Å². The number of hydrogen-bond acceptors (Lipinski definition) is 5. The molecule has 2 fully saturated rings. The van der Waals surface area contributed by atoms with E-state index < -0.39 is 5.60 Å². The van der Waals surface area contributed by atoms with Crippen molar-refractivity contribution in [1.29, 1.82) is 0 Å². The van der Waals surface area contributed by atoms with E-state index in [2.05, 4.69) is 30.2 Å². The van der Waals surface area contributed by atoms with E-state index in [1.807, 2.05) is 36.4 Å². The Kier molecular flexibility index (Phi) is 3.77. The molecule has 0 aromatic heterocycles. The molecule has 0 amide bonds. The number of likely N-dealkylation sites (N-methyl/N-ethyl adjacent to an activating group) is 1. The van der Waals surface area contributed by atoms with E-state index >= 15 is 0 Å². The number of ketones is 1. The molecule has 2 aliphatic heterocycles. The van der Waals surface area contributed by atoms with Crippen LogP contribution in [0.2, 0.25) is 0 Å². The van der Waals surface area contributed by atoms with Crippen LogP contribution in [-0.4, -0.2) is 56.2 Å². The topological polar surface area (TPSA) is 48.0 Å². The SMILES string of the molecule is COc1ccc2c3c1O[C@H]1C4(OC)C=C[C@]5(C[C@@H]4C(=O)c4ccccc4)[C@@H](C2)N(C)CC[C@]315. The highest BCUT2D eigenvalue weighted by Crippen LogP contribution is 2.74. The number of ether oxygens (including phenoxy) is 3. The summed E-state index contributed by atoms with van der Waals surface area (Å²) in [4.78, 5) is 16.5. The lowest BCUT2D eigenvalue weighted by atomic mass is 9.37. The fourth-order valence-corrected chi connectivity index (χ4v) is 8.31. The predicted molar refractivity (Wildman–Crippen MR) is 124 cm³/mol. The maximum Gasteiger partial charge on any atom is 0.169 e. The average molecular weight is 444 g/mol. The van der Waals surface area contributed by atoms with Crippen molar-refractivity contribution in [3.05, 3.63) is 71.3 Å². The van der Waals surface area contributed by atoms with Crippen LogP contribution in [0, 0.1) is 11.3 Å². The average Bonchev–Trinajstić information content (AvgIpc) is 3.23. The number of benzene rings is 2. The number of carbonyl (C=O) groups excluding carboxylic acids is 1. The minimum Gasteiger partial charge on any atom is -0.493 e. The Morgan fingerprint density at radius 2 is 1.94 bits per heavy atom. The van der Waals surface area contributed by atoms with E-state index in [4.69, 9.17) is 14.2 Å². The monoisotopic (exact) mass is 443 g/mol. The van der Waals surface area contributed by atoms with E-state index in [0.29, 0.717) is 6.04 Å². The molecule has 5 nitrogen and oxygen atoms in total. The van der Waals surface area contributed by atoms with Crippen molar-refractivity contribution in [3.8, 4) is 11.5 Å². The minimum atomic E-state index is -0.812. The van der Waals surface area contributed by atoms with Crippen LogP contribution in [0.5, 0.6) is 11.5 Å². The normalized spacial score (nSPS) is 39.2. The molecule has 2 spiro atoms. The van der Waals surface area contributed by atoms with Gasteiger partial charge in [0, 0.05) is 29.7 Å². The van der Waals surface area contributed by atoms with Crippen molar-refractivity contribution in [3.63, 3.8) is 0 Å². The van der Waals surface area contributed by atoms with Crippen LogP contribution in [0.4, 0.5) is 0 Å². The van der Waals surface area contributed by atoms with Crippen LogP contribution in [0.25, 0.3) is 0 Å². The van der Waals surface area contributed by atoms with Gasteiger partial charge in [-0.2, -0.15) is 0 Å². The number of carbonyl (C=O) groups is 1. The van der Waals surface area contributed by atoms with E-state index in [-0.39, 0.29) is 28.6 Å². The highest BCUT2D eigenvalue weighted by molar-refractivity contribution is 5.99. The number of Topliss-reactive ketones (excluding diaryl/α,β-unsaturated/α-hetero) is 1. The summed E-state index contributed by atoms with van der Waals surface area (Å²) in [5.41, 5.74) is 2.22. The van der Waals surface area contributed by atoms with Crippen molar-refractivity contribution in [2.45, 2.75) is 42.4 Å². The summed E-state index contributed by atoms with van der Waals surface area (Å²) in [5, 5.41) is 0. The largest absolute Gasteiger partial charge is 0.493 e. The van der Waals surface area contributed by atoms with Crippen LogP contribution in [-0.2, 0) is 16.6 Å². The first-order valence-corrected chi connectivity index (χ1v) is 11.9. The Morgan fingerprint density at radius 1 is 1.12 bits per heavy atom. The standard InChI is InChI=1S/C28H29NO4/c1-29-14-13-27-22-18-9-10-20(31-2)24(22)33-25(27)28(32-3)12-11-26(27,21(29)15-18)16-19(28)23(30)17-7-5-4-6-8-17/h4-12,19,21,25H,13-16H2,1-3H3/t19-,21-,25-,26+,27+,28?/m1/s1. The first-order chi connectivity index (χ1) is 16.0. The first kappa shape index (κ1) is 19.8. The number of likely N-dealkylation sites (tertiary alicyclic amines) is 1. The third-order valence-corrected chi connectivity index (χ3v) is 9.65. The smallest absolute Gasteiger partial charge is 0.169 e. The van der Waals surface area contributed by atoms with Gasteiger partial charge in [0.25, 0.3) is 0 Å². The molecule has 33 heavy (non-hydrogen) atoms. The third kappa shape index (κ3) is 2.02. The number of fused-ring (bicyclic) bond motifs is 1. The molecule has 2 heterocycles. The van der Waals surface area contributed by atoms with Gasteiger partial charge in [-0.1, -0.05) is 48.6 Å². The summed E-state index contributed by atoms with van der Waals surface area (Å²) in [6.45, 7) is 1.01. The van der Waals surface area contributed by atoms with E-state index in [1.54, 1.807) is 14.2 Å². The Morgan fingerprint density at radius 3 is 2.70 bits per heavy atom. The summed E-state index contributed by atoms with van der Waals surface area (Å²) in [6.07, 6.45) is 7.05. The molecule has 170 valence electrons.